The maximum Gasteiger partial charge on any atom is 0.417 e. The fraction of sp³-hybridized carbons (Fsp3) is 0.0400. The molecule has 0 aliphatic carbocycles. The van der Waals surface area contributed by atoms with E-state index in [-0.39, 0.29) is 22.1 Å². The van der Waals surface area contributed by atoms with Gasteiger partial charge in [-0.3, -0.25) is 0 Å². The summed E-state index contributed by atoms with van der Waals surface area (Å²) < 4.78 is 125. The van der Waals surface area contributed by atoms with Crippen LogP contribution in [0.5, 0.6) is 0 Å². The summed E-state index contributed by atoms with van der Waals surface area (Å²) in [4.78, 5) is 0. The fourth-order valence-electron chi connectivity index (χ4n) is 8.70. The van der Waals surface area contributed by atoms with E-state index in [2.05, 4.69) is 0 Å². The first kappa shape index (κ1) is 37.1. The van der Waals surface area contributed by atoms with E-state index < -0.39 is 46.2 Å². The van der Waals surface area contributed by atoms with Gasteiger partial charge in [0.25, 0.3) is 0 Å². The summed E-state index contributed by atoms with van der Waals surface area (Å²) in [6.45, 7) is 0. The van der Waals surface area contributed by atoms with Crippen LogP contribution in [0.15, 0.2) is 170 Å². The van der Waals surface area contributed by atoms with Gasteiger partial charge in [0, 0.05) is 38.5 Å². The maximum absolute atomic E-state index is 15.5. The molecule has 0 amide bonds. The number of rotatable bonds is 5. The smallest absolute Gasteiger partial charge is 0.309 e. The van der Waals surface area contributed by atoms with Crippen molar-refractivity contribution >= 4 is 43.6 Å². The Hall–Kier alpha value is -7.20. The molecular formula is C50H28F8N2. The lowest BCUT2D eigenvalue weighted by Crippen LogP contribution is -2.19. The Bertz CT molecular complexity index is 3260. The van der Waals surface area contributed by atoms with Crippen LogP contribution in [0.4, 0.5) is 35.1 Å². The third-order valence-electron chi connectivity index (χ3n) is 11.1. The second-order valence-corrected chi connectivity index (χ2v) is 14.5. The van der Waals surface area contributed by atoms with Crippen molar-refractivity contribution in [3.8, 4) is 44.8 Å². The van der Waals surface area contributed by atoms with Crippen LogP contribution in [0, 0.1) is 11.6 Å². The maximum atomic E-state index is 15.5. The van der Waals surface area contributed by atoms with Gasteiger partial charge in [-0.15, -0.1) is 0 Å². The number of benzene rings is 8. The van der Waals surface area contributed by atoms with Gasteiger partial charge in [0.05, 0.1) is 33.2 Å². The van der Waals surface area contributed by atoms with Crippen molar-refractivity contribution < 1.29 is 35.1 Å². The second-order valence-electron chi connectivity index (χ2n) is 14.5. The van der Waals surface area contributed by atoms with Gasteiger partial charge in [-0.1, -0.05) is 103 Å². The van der Waals surface area contributed by atoms with Crippen molar-refractivity contribution in [3.63, 3.8) is 0 Å². The normalized spacial score (nSPS) is 12.3. The summed E-state index contributed by atoms with van der Waals surface area (Å²) in [6.07, 6.45) is -10.8. The average Bonchev–Trinajstić information content (AvgIpc) is 3.77. The molecule has 0 N–H and O–H groups in total. The second kappa shape index (κ2) is 13.7. The molecule has 0 bridgehead atoms. The first-order valence-corrected chi connectivity index (χ1v) is 18.9. The zero-order valence-corrected chi connectivity index (χ0v) is 31.1. The quantitative estimate of drug-likeness (QED) is 0.153. The number of halogens is 8. The molecular weight excluding hydrogens is 781 g/mol. The highest BCUT2D eigenvalue weighted by molar-refractivity contribution is 6.16. The number of para-hydroxylation sites is 3. The summed E-state index contributed by atoms with van der Waals surface area (Å²) in [5, 5.41) is 2.73. The van der Waals surface area contributed by atoms with E-state index in [0.29, 0.717) is 33.4 Å². The monoisotopic (exact) mass is 808 g/mol. The Kier molecular flexibility index (Phi) is 8.47. The third kappa shape index (κ3) is 5.93. The van der Waals surface area contributed by atoms with Crippen LogP contribution in [0.25, 0.3) is 88.4 Å². The molecule has 0 saturated heterocycles. The predicted octanol–water partition coefficient (Wildman–Crippen LogP) is 15.2. The fourth-order valence-corrected chi connectivity index (χ4v) is 8.70. The Balaban J connectivity index is 1.17. The standard InChI is InChI=1S/C50H28F8N2/c51-31-21-26-41(52)40(28-31)30-9-7-10-33(27-30)60-44-17-6-3-13-39(44)46-37(14-8-18-45(46)60)38-25-24-34(47(49(53,54)55)48(38)50(56,57)58)29-19-22-32(23-20-29)59-42-15-4-1-11-35(42)36-12-2-5-16-43(36)59/h1-28H. The summed E-state index contributed by atoms with van der Waals surface area (Å²) in [6, 6.07) is 44.8. The zero-order valence-electron chi connectivity index (χ0n) is 31.1. The minimum Gasteiger partial charge on any atom is -0.309 e. The van der Waals surface area contributed by atoms with Crippen molar-refractivity contribution in [3.05, 3.63) is 193 Å². The predicted molar refractivity (Wildman–Crippen MR) is 221 cm³/mol. The molecule has 2 aromatic heterocycles. The largest absolute Gasteiger partial charge is 0.417 e. The lowest BCUT2D eigenvalue weighted by atomic mass is 9.87. The van der Waals surface area contributed by atoms with Gasteiger partial charge in [-0.2, -0.15) is 26.3 Å². The van der Waals surface area contributed by atoms with Crippen molar-refractivity contribution in [1.29, 1.82) is 0 Å². The van der Waals surface area contributed by atoms with Crippen molar-refractivity contribution in [2.24, 2.45) is 0 Å². The molecule has 0 spiro atoms. The van der Waals surface area contributed by atoms with Crippen LogP contribution in [0.3, 0.4) is 0 Å². The molecule has 0 fully saturated rings. The average molecular weight is 809 g/mol. The van der Waals surface area contributed by atoms with Crippen LogP contribution in [0.2, 0.25) is 0 Å². The first-order chi connectivity index (χ1) is 28.9. The number of nitrogens with zero attached hydrogens (tertiary/aromatic N) is 2. The van der Waals surface area contributed by atoms with Gasteiger partial charge in [-0.25, -0.2) is 8.78 Å². The molecule has 0 unspecified atom stereocenters. The highest BCUT2D eigenvalue weighted by atomic mass is 19.4. The Morgan fingerprint density at radius 3 is 1.53 bits per heavy atom. The molecule has 10 heteroatoms. The third-order valence-corrected chi connectivity index (χ3v) is 11.1. The van der Waals surface area contributed by atoms with Gasteiger partial charge >= 0.3 is 12.4 Å². The number of fused-ring (bicyclic) bond motifs is 6. The number of hydrogen-bond acceptors (Lipinski definition) is 0. The van der Waals surface area contributed by atoms with Crippen molar-refractivity contribution in [2.45, 2.75) is 12.4 Å². The molecule has 10 aromatic rings. The lowest BCUT2D eigenvalue weighted by molar-refractivity contribution is -0.161. The number of aromatic nitrogens is 2. The summed E-state index contributed by atoms with van der Waals surface area (Å²) in [5.41, 5.74) is -0.772. The molecule has 10 rings (SSSR count). The molecule has 2 heterocycles. The minimum absolute atomic E-state index is 0.00856. The summed E-state index contributed by atoms with van der Waals surface area (Å²) >= 11 is 0. The molecule has 8 aromatic carbocycles. The van der Waals surface area contributed by atoms with Crippen LogP contribution in [-0.2, 0) is 12.4 Å². The van der Waals surface area contributed by atoms with Gasteiger partial charge in [0.1, 0.15) is 11.6 Å². The van der Waals surface area contributed by atoms with E-state index in [1.807, 2.05) is 53.1 Å². The van der Waals surface area contributed by atoms with E-state index >= 15 is 26.3 Å². The van der Waals surface area contributed by atoms with Gasteiger partial charge < -0.3 is 9.13 Å². The molecule has 0 atom stereocenters. The molecule has 60 heavy (non-hydrogen) atoms. The highest BCUT2D eigenvalue weighted by Crippen LogP contribution is 2.51. The first-order valence-electron chi connectivity index (χ1n) is 18.9. The van der Waals surface area contributed by atoms with Gasteiger partial charge in [-0.05, 0) is 94.5 Å². The summed E-state index contributed by atoms with van der Waals surface area (Å²) in [7, 11) is 0. The summed E-state index contributed by atoms with van der Waals surface area (Å²) in [5.74, 6) is -1.29. The number of hydrogen-bond donors (Lipinski definition) is 0. The Labute approximate surface area is 336 Å². The van der Waals surface area contributed by atoms with Crippen LogP contribution >= 0.6 is 0 Å². The lowest BCUT2D eigenvalue weighted by Gasteiger charge is -2.23. The molecule has 0 aliphatic heterocycles. The van der Waals surface area contributed by atoms with Crippen molar-refractivity contribution in [2.75, 3.05) is 0 Å². The van der Waals surface area contributed by atoms with E-state index in [9.17, 15) is 8.78 Å². The van der Waals surface area contributed by atoms with Crippen LogP contribution in [-0.4, -0.2) is 9.13 Å². The Morgan fingerprint density at radius 2 is 0.883 bits per heavy atom. The molecule has 2 nitrogen and oxygen atoms in total. The van der Waals surface area contributed by atoms with Crippen LogP contribution < -0.4 is 0 Å². The minimum atomic E-state index is -5.43. The van der Waals surface area contributed by atoms with E-state index in [0.717, 1.165) is 52.1 Å². The SMILES string of the molecule is Fc1ccc(F)c(-c2cccc(-n3c4ccccc4c4c(-c5ccc(-c6ccc(-n7c8ccccc8c8ccccc87)cc6)c(C(F)(F)F)c5C(F)(F)F)cccc43)c2)c1. The topological polar surface area (TPSA) is 9.86 Å². The van der Waals surface area contributed by atoms with Crippen LogP contribution in [0.1, 0.15) is 11.1 Å². The van der Waals surface area contributed by atoms with Gasteiger partial charge in [0.2, 0.25) is 0 Å². The van der Waals surface area contributed by atoms with Gasteiger partial charge in [0.15, 0.2) is 0 Å². The van der Waals surface area contributed by atoms with E-state index in [4.69, 9.17) is 0 Å². The van der Waals surface area contributed by atoms with Crippen molar-refractivity contribution in [1.82, 2.24) is 9.13 Å². The molecule has 0 saturated carbocycles. The van der Waals surface area contributed by atoms with E-state index in [1.54, 1.807) is 71.3 Å². The Morgan fingerprint density at radius 1 is 0.350 bits per heavy atom. The van der Waals surface area contributed by atoms with E-state index in [1.165, 1.54) is 24.3 Å². The highest BCUT2D eigenvalue weighted by Gasteiger charge is 2.47. The zero-order chi connectivity index (χ0) is 41.5. The molecule has 294 valence electrons. The molecule has 0 radical (unpaired) electrons. The molecule has 0 aliphatic rings. The number of alkyl halides is 6.